The number of aliphatic hydroxyl groups is 2. The Morgan fingerprint density at radius 3 is 2.42 bits per heavy atom. The van der Waals surface area contributed by atoms with Crippen LogP contribution in [0.2, 0.25) is 0 Å². The molecule has 4 unspecified atom stereocenters. The van der Waals surface area contributed by atoms with Crippen molar-refractivity contribution in [2.24, 2.45) is 0 Å². The Hall–Kier alpha value is -3.45. The quantitative estimate of drug-likeness (QED) is 0.357. The number of carbonyl (C=O) groups is 1. The van der Waals surface area contributed by atoms with Crippen molar-refractivity contribution in [2.75, 3.05) is 6.54 Å². The van der Waals surface area contributed by atoms with Crippen molar-refractivity contribution in [1.82, 2.24) is 5.32 Å². The van der Waals surface area contributed by atoms with Crippen molar-refractivity contribution >= 4 is 11.5 Å². The summed E-state index contributed by atoms with van der Waals surface area (Å²) in [6.07, 6.45) is -1.32. The molecule has 6 heteroatoms. The minimum atomic E-state index is -1.07. The van der Waals surface area contributed by atoms with Gasteiger partial charge < -0.3 is 25.0 Å². The molecule has 38 heavy (non-hydrogen) atoms. The van der Waals surface area contributed by atoms with Crippen LogP contribution in [0.5, 0.6) is 5.75 Å². The highest BCUT2D eigenvalue weighted by Gasteiger charge is 2.39. The van der Waals surface area contributed by atoms with Crippen molar-refractivity contribution in [3.05, 3.63) is 96.1 Å². The highest BCUT2D eigenvalue weighted by atomic mass is 16.5. The second-order valence-electron chi connectivity index (χ2n) is 9.96. The molecule has 6 nitrogen and oxygen atoms in total. The fourth-order valence-electron chi connectivity index (χ4n) is 4.81. The molecule has 0 aliphatic heterocycles. The maximum Gasteiger partial charge on any atom is 0.216 e. The Balaban J connectivity index is 1.49. The number of rotatable bonds is 10. The van der Waals surface area contributed by atoms with E-state index in [-0.39, 0.29) is 5.91 Å². The van der Waals surface area contributed by atoms with Crippen molar-refractivity contribution < 1.29 is 24.5 Å². The zero-order valence-electron chi connectivity index (χ0n) is 22.1. The van der Waals surface area contributed by atoms with Crippen LogP contribution in [0.1, 0.15) is 43.4 Å². The molecule has 1 aliphatic carbocycles. The Morgan fingerprint density at radius 2 is 1.68 bits per heavy atom. The molecule has 4 atom stereocenters. The van der Waals surface area contributed by atoms with E-state index in [1.54, 1.807) is 0 Å². The summed E-state index contributed by atoms with van der Waals surface area (Å²) in [5, 5.41) is 24.5. The summed E-state index contributed by atoms with van der Waals surface area (Å²) in [6, 6.07) is 23.8. The second kappa shape index (κ2) is 12.9. The number of nitrogens with one attached hydrogen (secondary N) is 1. The molecule has 3 N–H and O–H groups in total. The molecule has 200 valence electrons. The number of amides is 1. The lowest BCUT2D eigenvalue weighted by Gasteiger charge is -2.37. The molecule has 0 radical (unpaired) electrons. The highest BCUT2D eigenvalue weighted by molar-refractivity contribution is 5.75. The van der Waals surface area contributed by atoms with Crippen LogP contribution in [0.4, 0.5) is 0 Å². The Bertz CT molecular complexity index is 1240. The van der Waals surface area contributed by atoms with Crippen molar-refractivity contribution in [2.45, 2.75) is 64.1 Å². The first-order valence-electron chi connectivity index (χ1n) is 13.1. The van der Waals surface area contributed by atoms with Gasteiger partial charge in [-0.3, -0.25) is 4.79 Å². The van der Waals surface area contributed by atoms with E-state index in [9.17, 15) is 15.0 Å². The maximum absolute atomic E-state index is 11.4. The molecule has 3 aromatic carbocycles. The molecule has 1 aliphatic rings. The molecular formula is C32H37NO5. The van der Waals surface area contributed by atoms with E-state index in [0.29, 0.717) is 38.2 Å². The fraction of sp³-hybridized carbons (Fsp3) is 0.344. The summed E-state index contributed by atoms with van der Waals surface area (Å²) in [6.45, 7) is 8.46. The molecule has 0 aromatic heterocycles. The Labute approximate surface area is 224 Å². The third-order valence-corrected chi connectivity index (χ3v) is 6.96. The Kier molecular flexibility index (Phi) is 9.34. The van der Waals surface area contributed by atoms with Crippen LogP contribution in [0.3, 0.4) is 0 Å². The minimum absolute atomic E-state index is 0.0633. The molecule has 1 saturated carbocycles. The predicted octanol–water partition coefficient (Wildman–Crippen LogP) is 4.91. The number of benzene rings is 3. The average Bonchev–Trinajstić information content (AvgIpc) is 2.92. The molecule has 1 amide bonds. The Morgan fingerprint density at radius 1 is 0.947 bits per heavy atom. The van der Waals surface area contributed by atoms with Gasteiger partial charge in [0.1, 0.15) is 24.1 Å². The molecule has 0 heterocycles. The van der Waals surface area contributed by atoms with E-state index >= 15 is 0 Å². The van der Waals surface area contributed by atoms with E-state index in [1.807, 2.05) is 73.7 Å². The molecule has 0 spiro atoms. The van der Waals surface area contributed by atoms with Crippen LogP contribution in [0, 0.1) is 0 Å². The molecule has 0 bridgehead atoms. The number of allylic oxidation sites excluding steroid dienone is 1. The molecule has 3 aromatic rings. The third kappa shape index (κ3) is 7.10. The van der Waals surface area contributed by atoms with Crippen LogP contribution in [-0.2, 0) is 22.6 Å². The standard InChI is InChI=1S/C32H37NO5/c1-21(2)25-10-7-11-26(18-25)28-19-27(13-12-24(28)16-17-33-22(3)34)38-30-15-14-29(31(35)32(30)36)37-20-23-8-5-4-6-9-23/h4-13,18-19,29-32,35-36H,1,14-17,20H2,2-3H3,(H,33,34). The van der Waals surface area contributed by atoms with E-state index in [1.165, 1.54) is 6.92 Å². The lowest BCUT2D eigenvalue weighted by Crippen LogP contribution is -2.52. The number of ether oxygens (including phenoxy) is 2. The van der Waals surface area contributed by atoms with Crippen LogP contribution in [0.25, 0.3) is 16.7 Å². The number of aliphatic hydroxyl groups excluding tert-OH is 2. The summed E-state index contributed by atoms with van der Waals surface area (Å²) >= 11 is 0. The zero-order valence-corrected chi connectivity index (χ0v) is 22.1. The van der Waals surface area contributed by atoms with Crippen LogP contribution in [0.15, 0.2) is 79.4 Å². The smallest absolute Gasteiger partial charge is 0.216 e. The lowest BCUT2D eigenvalue weighted by atomic mass is 9.89. The molecule has 1 fully saturated rings. The number of hydrogen-bond acceptors (Lipinski definition) is 5. The first kappa shape index (κ1) is 27.6. The fourth-order valence-corrected chi connectivity index (χ4v) is 4.81. The first-order valence-corrected chi connectivity index (χ1v) is 13.1. The van der Waals surface area contributed by atoms with Gasteiger partial charge in [-0.1, -0.05) is 66.7 Å². The summed E-state index contributed by atoms with van der Waals surface area (Å²) in [5.74, 6) is 0.551. The van der Waals surface area contributed by atoms with Gasteiger partial charge in [-0.15, -0.1) is 0 Å². The normalized spacial score (nSPS) is 21.1. The zero-order chi connectivity index (χ0) is 27.1. The van der Waals surface area contributed by atoms with Crippen LogP contribution >= 0.6 is 0 Å². The SMILES string of the molecule is C=C(C)c1cccc(-c2cc(OC3CCC(OCc4ccccc4)C(O)C3O)ccc2CCNC(C)=O)c1. The van der Waals surface area contributed by atoms with Gasteiger partial charge in [0.2, 0.25) is 5.91 Å². The van der Waals surface area contributed by atoms with Crippen molar-refractivity contribution in [1.29, 1.82) is 0 Å². The van der Waals surface area contributed by atoms with E-state index in [4.69, 9.17) is 9.47 Å². The molecule has 0 saturated heterocycles. The average molecular weight is 516 g/mol. The van der Waals surface area contributed by atoms with Gasteiger partial charge in [-0.25, -0.2) is 0 Å². The highest BCUT2D eigenvalue weighted by Crippen LogP contribution is 2.33. The molecular weight excluding hydrogens is 478 g/mol. The van der Waals surface area contributed by atoms with E-state index < -0.39 is 24.4 Å². The van der Waals surface area contributed by atoms with Gasteiger partial charge in [0.05, 0.1) is 12.7 Å². The van der Waals surface area contributed by atoms with Gasteiger partial charge >= 0.3 is 0 Å². The topological polar surface area (TPSA) is 88.0 Å². The second-order valence-corrected chi connectivity index (χ2v) is 9.96. The van der Waals surface area contributed by atoms with E-state index in [2.05, 4.69) is 18.0 Å². The largest absolute Gasteiger partial charge is 0.488 e. The van der Waals surface area contributed by atoms with Gasteiger partial charge in [0, 0.05) is 13.5 Å². The van der Waals surface area contributed by atoms with Gasteiger partial charge in [-0.05, 0) is 72.2 Å². The minimum Gasteiger partial charge on any atom is -0.488 e. The van der Waals surface area contributed by atoms with Crippen molar-refractivity contribution in [3.8, 4) is 16.9 Å². The summed E-state index contributed by atoms with van der Waals surface area (Å²) < 4.78 is 12.2. The van der Waals surface area contributed by atoms with Gasteiger partial charge in [-0.2, -0.15) is 0 Å². The number of hydrogen-bond donors (Lipinski definition) is 3. The lowest BCUT2D eigenvalue weighted by molar-refractivity contribution is -0.150. The summed E-state index contributed by atoms with van der Waals surface area (Å²) in [4.78, 5) is 11.4. The van der Waals surface area contributed by atoms with Crippen LogP contribution in [-0.4, -0.2) is 47.1 Å². The molecule has 4 rings (SSSR count). The van der Waals surface area contributed by atoms with E-state index in [0.717, 1.165) is 33.4 Å². The summed E-state index contributed by atoms with van der Waals surface area (Å²) in [5.41, 5.74) is 6.13. The van der Waals surface area contributed by atoms with Crippen LogP contribution < -0.4 is 10.1 Å². The maximum atomic E-state index is 11.4. The predicted molar refractivity (Wildman–Crippen MR) is 150 cm³/mol. The van der Waals surface area contributed by atoms with Gasteiger partial charge in [0.25, 0.3) is 0 Å². The first-order chi connectivity index (χ1) is 18.3. The van der Waals surface area contributed by atoms with Crippen molar-refractivity contribution in [3.63, 3.8) is 0 Å². The number of carbonyl (C=O) groups excluding carboxylic acids is 1. The summed E-state index contributed by atoms with van der Waals surface area (Å²) in [7, 11) is 0. The third-order valence-electron chi connectivity index (χ3n) is 6.96. The van der Waals surface area contributed by atoms with Gasteiger partial charge in [0.15, 0.2) is 0 Å². The monoisotopic (exact) mass is 515 g/mol.